The number of aliphatic hydroxyl groups excluding tert-OH is 2. The molecule has 1 aliphatic rings. The molecule has 4 N–H and O–H groups in total. The molecule has 2 aromatic heterocycles. The van der Waals surface area contributed by atoms with E-state index in [2.05, 4.69) is 51.5 Å². The van der Waals surface area contributed by atoms with Crippen LogP contribution in [-0.2, 0) is 9.16 Å². The number of aromatic nitrogens is 2. The molecule has 0 spiro atoms. The van der Waals surface area contributed by atoms with Crippen molar-refractivity contribution in [1.29, 1.82) is 0 Å². The fraction of sp³-hybridized carbons (Fsp3) is 0.484. The van der Waals surface area contributed by atoms with E-state index in [1.807, 2.05) is 6.07 Å². The Morgan fingerprint density at radius 2 is 1.32 bits per heavy atom. The number of H-pyrrole nitrogens is 2. The van der Waals surface area contributed by atoms with E-state index in [0.29, 0.717) is 22.2 Å². The largest absolute Gasteiger partial charge is 0.407 e. The van der Waals surface area contributed by atoms with Gasteiger partial charge in [0, 0.05) is 33.2 Å². The van der Waals surface area contributed by atoms with Crippen LogP contribution in [-0.4, -0.2) is 53.4 Å². The van der Waals surface area contributed by atoms with Crippen molar-refractivity contribution < 1.29 is 28.2 Å². The highest BCUT2D eigenvalue weighted by Crippen LogP contribution is 2.49. The van der Waals surface area contributed by atoms with Crippen LogP contribution in [0.1, 0.15) is 65.0 Å². The number of halogens is 2. The quantitative estimate of drug-likeness (QED) is 0.171. The monoisotopic (exact) mass is 570 g/mol. The number of hydrogen-bond acceptors (Lipinski definition) is 4. The lowest BCUT2D eigenvalue weighted by Crippen LogP contribution is -2.58. The van der Waals surface area contributed by atoms with E-state index >= 15 is 0 Å². The van der Waals surface area contributed by atoms with Gasteiger partial charge in [0.1, 0.15) is 23.8 Å². The van der Waals surface area contributed by atoms with E-state index < -0.39 is 38.7 Å². The maximum atomic E-state index is 14.0. The topological polar surface area (TPSA) is 90.5 Å². The molecule has 216 valence electrons. The average molecular weight is 571 g/mol. The Kier molecular flexibility index (Phi) is 7.98. The van der Waals surface area contributed by atoms with E-state index in [1.165, 1.54) is 24.3 Å². The summed E-state index contributed by atoms with van der Waals surface area (Å²) < 4.78 is 41.8. The molecule has 0 saturated carbocycles. The second kappa shape index (κ2) is 11.0. The number of rotatable bonds is 8. The van der Waals surface area contributed by atoms with Crippen molar-refractivity contribution in [3.8, 4) is 0 Å². The lowest BCUT2D eigenvalue weighted by atomic mass is 9.83. The van der Waals surface area contributed by atoms with Gasteiger partial charge >= 0.3 is 0 Å². The third kappa shape index (κ3) is 4.92. The van der Waals surface area contributed by atoms with Crippen LogP contribution in [0.25, 0.3) is 21.8 Å². The summed E-state index contributed by atoms with van der Waals surface area (Å²) in [6.07, 6.45) is -3.33. The summed E-state index contributed by atoms with van der Waals surface area (Å²) in [7, 11) is -2.52. The van der Waals surface area contributed by atoms with Crippen molar-refractivity contribution in [2.24, 2.45) is 0 Å². The minimum Gasteiger partial charge on any atom is -0.407 e. The van der Waals surface area contributed by atoms with Crippen molar-refractivity contribution in [3.05, 3.63) is 71.6 Å². The standard InChI is InChI=1S/C31H40F2N2O4Si/c1-16(2)40(17(3)4,18(5)6)39-31-29(37)28(25-13-19-11-21(32)7-9-23(19)34-25)27(15-36)38-30(31)26-14-20-12-22(33)8-10-24(20)35-26/h7-14,16-18,27-31,34-37H,15H2,1-6H3/t27-,28-,29+,30+,31-/m1/s1. The summed E-state index contributed by atoms with van der Waals surface area (Å²) >= 11 is 0. The van der Waals surface area contributed by atoms with E-state index in [0.717, 1.165) is 11.0 Å². The second-order valence-corrected chi connectivity index (χ2v) is 17.5. The molecule has 0 unspecified atom stereocenters. The van der Waals surface area contributed by atoms with Crippen molar-refractivity contribution in [3.63, 3.8) is 0 Å². The highest BCUT2D eigenvalue weighted by Gasteiger charge is 2.54. The molecule has 40 heavy (non-hydrogen) atoms. The molecule has 0 aliphatic carbocycles. The highest BCUT2D eigenvalue weighted by molar-refractivity contribution is 6.77. The predicted octanol–water partition coefficient (Wildman–Crippen LogP) is 7.07. The van der Waals surface area contributed by atoms with Crippen LogP contribution in [0, 0.1) is 11.6 Å². The zero-order valence-corrected chi connectivity index (χ0v) is 24.9. The van der Waals surface area contributed by atoms with Gasteiger partial charge in [-0.2, -0.15) is 0 Å². The van der Waals surface area contributed by atoms with Gasteiger partial charge in [0.05, 0.1) is 24.7 Å². The number of fused-ring (bicyclic) bond motifs is 2. The van der Waals surface area contributed by atoms with Crippen LogP contribution >= 0.6 is 0 Å². The molecule has 1 saturated heterocycles. The molecular formula is C31H40F2N2O4Si. The molecule has 9 heteroatoms. The zero-order valence-electron chi connectivity index (χ0n) is 23.9. The first-order valence-corrected chi connectivity index (χ1v) is 16.3. The molecule has 1 aliphatic heterocycles. The molecule has 1 fully saturated rings. The van der Waals surface area contributed by atoms with Crippen LogP contribution in [0.4, 0.5) is 8.78 Å². The molecule has 0 radical (unpaired) electrons. The number of aliphatic hydroxyl groups is 2. The molecule has 0 bridgehead atoms. The second-order valence-electron chi connectivity index (χ2n) is 12.1. The zero-order chi connectivity index (χ0) is 28.9. The Morgan fingerprint density at radius 1 is 0.825 bits per heavy atom. The molecule has 4 aromatic rings. The SMILES string of the molecule is CC(C)[Si](O[C@@H]1[C@@H](O)[C@H](c2cc3cc(F)ccc3[nH]2)[C@@H](CO)O[C@H]1c1cc2cc(F)ccc2[nH]1)(C(C)C)C(C)C. The Labute approximate surface area is 234 Å². The Morgan fingerprint density at radius 3 is 1.82 bits per heavy atom. The van der Waals surface area contributed by atoms with E-state index in [1.54, 1.807) is 18.2 Å². The maximum absolute atomic E-state index is 14.0. The van der Waals surface area contributed by atoms with Crippen molar-refractivity contribution in [1.82, 2.24) is 9.97 Å². The number of hydrogen-bond donors (Lipinski definition) is 4. The minimum absolute atomic E-state index is 0.252. The summed E-state index contributed by atoms with van der Waals surface area (Å²) in [5, 5.41) is 24.0. The van der Waals surface area contributed by atoms with Crippen LogP contribution < -0.4 is 0 Å². The van der Waals surface area contributed by atoms with Gasteiger partial charge in [-0.3, -0.25) is 0 Å². The summed E-state index contributed by atoms with van der Waals surface area (Å²) in [5.41, 5.74) is 3.52. The summed E-state index contributed by atoms with van der Waals surface area (Å²) in [4.78, 5) is 6.65. The lowest BCUT2D eigenvalue weighted by molar-refractivity contribution is -0.189. The molecule has 5 atom stereocenters. The first-order valence-electron chi connectivity index (χ1n) is 14.1. The van der Waals surface area contributed by atoms with Crippen LogP contribution in [0.3, 0.4) is 0 Å². The lowest BCUT2D eigenvalue weighted by Gasteiger charge is -2.51. The number of aromatic amines is 2. The number of benzene rings is 2. The molecular weight excluding hydrogens is 530 g/mol. The van der Waals surface area contributed by atoms with Gasteiger partial charge < -0.3 is 29.3 Å². The van der Waals surface area contributed by atoms with E-state index in [4.69, 9.17) is 9.16 Å². The third-order valence-corrected chi connectivity index (χ3v) is 14.9. The van der Waals surface area contributed by atoms with Crippen molar-refractivity contribution >= 4 is 30.1 Å². The number of nitrogens with one attached hydrogen (secondary N) is 2. The normalized spacial score (nSPS) is 24.3. The maximum Gasteiger partial charge on any atom is 0.201 e. The Bertz CT molecular complexity index is 1460. The van der Waals surface area contributed by atoms with Gasteiger partial charge in [-0.05, 0) is 65.2 Å². The van der Waals surface area contributed by atoms with Gasteiger partial charge in [0.2, 0.25) is 8.32 Å². The molecule has 6 nitrogen and oxygen atoms in total. The van der Waals surface area contributed by atoms with Crippen LogP contribution in [0.15, 0.2) is 48.5 Å². The van der Waals surface area contributed by atoms with Crippen molar-refractivity contribution in [2.75, 3.05) is 6.61 Å². The fourth-order valence-corrected chi connectivity index (χ4v) is 12.7. The Balaban J connectivity index is 1.64. The van der Waals surface area contributed by atoms with Crippen LogP contribution in [0.2, 0.25) is 16.6 Å². The third-order valence-electron chi connectivity index (χ3n) is 8.83. The highest BCUT2D eigenvalue weighted by atomic mass is 28.4. The average Bonchev–Trinajstić information content (AvgIpc) is 3.49. The first-order chi connectivity index (χ1) is 19.0. The molecule has 5 rings (SSSR count). The predicted molar refractivity (Wildman–Crippen MR) is 156 cm³/mol. The van der Waals surface area contributed by atoms with Gasteiger partial charge in [-0.15, -0.1) is 0 Å². The van der Waals surface area contributed by atoms with E-state index in [9.17, 15) is 19.0 Å². The molecule has 2 aromatic carbocycles. The first kappa shape index (κ1) is 28.9. The van der Waals surface area contributed by atoms with Gasteiger partial charge in [-0.25, -0.2) is 8.78 Å². The Hall–Kier alpha value is -2.56. The number of ether oxygens (including phenoxy) is 1. The molecule has 3 heterocycles. The smallest absolute Gasteiger partial charge is 0.201 e. The van der Waals surface area contributed by atoms with Crippen molar-refractivity contribution in [2.45, 2.75) is 88.5 Å². The fourth-order valence-electron chi connectivity index (χ4n) is 7.11. The van der Waals surface area contributed by atoms with Gasteiger partial charge in [-0.1, -0.05) is 41.5 Å². The van der Waals surface area contributed by atoms with E-state index in [-0.39, 0.29) is 34.9 Å². The summed E-state index contributed by atoms with van der Waals surface area (Å²) in [6.45, 7) is 12.8. The minimum atomic E-state index is -2.52. The van der Waals surface area contributed by atoms with Gasteiger partial charge in [0.15, 0.2) is 0 Å². The summed E-state index contributed by atoms with van der Waals surface area (Å²) in [6, 6.07) is 12.6. The summed E-state index contributed by atoms with van der Waals surface area (Å²) in [5.74, 6) is -1.35. The van der Waals surface area contributed by atoms with Crippen LogP contribution in [0.5, 0.6) is 0 Å². The molecule has 0 amide bonds. The van der Waals surface area contributed by atoms with Gasteiger partial charge in [0.25, 0.3) is 0 Å².